The van der Waals surface area contributed by atoms with Gasteiger partial charge < -0.3 is 19.7 Å². The fraction of sp³-hybridized carbons (Fsp3) is 0.273. The Morgan fingerprint density at radius 2 is 1.30 bits per heavy atom. The second-order valence-corrected chi connectivity index (χ2v) is 6.71. The Kier molecular flexibility index (Phi) is 6.46. The average Bonchev–Trinajstić information content (AvgIpc) is 2.72. The van der Waals surface area contributed by atoms with Crippen LogP contribution in [0, 0.1) is 0 Å². The van der Waals surface area contributed by atoms with E-state index in [1.165, 1.54) is 12.1 Å². The largest absolute Gasteiger partial charge is 0.490 e. The zero-order chi connectivity index (χ0) is 21.7. The highest BCUT2D eigenvalue weighted by Gasteiger charge is 2.33. The molecule has 2 aromatic carbocycles. The van der Waals surface area contributed by atoms with E-state index in [0.29, 0.717) is 5.56 Å². The van der Waals surface area contributed by atoms with Gasteiger partial charge in [-0.05, 0) is 25.0 Å². The van der Waals surface area contributed by atoms with E-state index in [1.807, 2.05) is 0 Å². The molecule has 0 bridgehead atoms. The first-order valence-electron chi connectivity index (χ1n) is 9.44. The fourth-order valence-electron chi connectivity index (χ4n) is 3.20. The van der Waals surface area contributed by atoms with Gasteiger partial charge in [0.05, 0.1) is 18.8 Å². The lowest BCUT2D eigenvalue weighted by molar-refractivity contribution is -0.138. The molecule has 0 radical (unpaired) electrons. The van der Waals surface area contributed by atoms with Crippen LogP contribution in [0.25, 0.3) is 0 Å². The second-order valence-electron chi connectivity index (χ2n) is 6.71. The quantitative estimate of drug-likeness (QED) is 0.487. The molecule has 30 heavy (non-hydrogen) atoms. The summed E-state index contributed by atoms with van der Waals surface area (Å²) in [5.74, 6) is -2.35. The average molecular weight is 412 g/mol. The Balaban J connectivity index is 1.94. The highest BCUT2D eigenvalue weighted by Crippen LogP contribution is 2.39. The van der Waals surface area contributed by atoms with Crippen molar-refractivity contribution in [1.29, 1.82) is 0 Å². The van der Waals surface area contributed by atoms with Gasteiger partial charge in [-0.15, -0.1) is 0 Å². The first-order valence-corrected chi connectivity index (χ1v) is 9.44. The van der Waals surface area contributed by atoms with Crippen molar-refractivity contribution in [1.82, 2.24) is 0 Å². The van der Waals surface area contributed by atoms with Crippen molar-refractivity contribution in [3.05, 3.63) is 58.7 Å². The van der Waals surface area contributed by atoms with E-state index in [4.69, 9.17) is 19.7 Å². The molecule has 156 valence electrons. The van der Waals surface area contributed by atoms with Gasteiger partial charge in [0.15, 0.2) is 23.1 Å². The van der Waals surface area contributed by atoms with Crippen molar-refractivity contribution in [2.45, 2.75) is 25.7 Å². The Bertz CT molecular complexity index is 1010. The molecule has 0 unspecified atom stereocenters. The van der Waals surface area contributed by atoms with Crippen molar-refractivity contribution >= 4 is 23.5 Å². The summed E-state index contributed by atoms with van der Waals surface area (Å²) in [5, 5.41) is 17.6. The molecule has 0 saturated heterocycles. The van der Waals surface area contributed by atoms with Gasteiger partial charge in [0.1, 0.15) is 0 Å². The highest BCUT2D eigenvalue weighted by molar-refractivity contribution is 6.29. The first-order chi connectivity index (χ1) is 14.4. The molecule has 3 rings (SSSR count). The van der Waals surface area contributed by atoms with E-state index >= 15 is 0 Å². The van der Waals surface area contributed by atoms with Gasteiger partial charge in [0.2, 0.25) is 0 Å². The van der Waals surface area contributed by atoms with Gasteiger partial charge in [-0.1, -0.05) is 24.3 Å². The van der Waals surface area contributed by atoms with Crippen molar-refractivity contribution < 1.29 is 38.9 Å². The number of fused-ring (bicyclic) bond motifs is 2. The standard InChI is InChI=1S/C22H20O8/c23-17(24)7-3-11-29-16-10-9-15-19(22(16)30-12-4-8-18(25)26)21(28)14-6-2-1-5-13(14)20(15)27/h1-2,5-6,9-10H,3-4,7-8,11-12H2,(H,23,24)(H,25,26). The molecule has 1 aliphatic carbocycles. The number of ether oxygens (including phenoxy) is 2. The number of rotatable bonds is 10. The molecule has 8 heteroatoms. The van der Waals surface area contributed by atoms with Crippen LogP contribution in [0.1, 0.15) is 57.5 Å². The van der Waals surface area contributed by atoms with Crippen LogP contribution in [0.4, 0.5) is 0 Å². The minimum Gasteiger partial charge on any atom is -0.490 e. The normalized spacial score (nSPS) is 12.1. The van der Waals surface area contributed by atoms with Crippen LogP contribution in [0.3, 0.4) is 0 Å². The van der Waals surface area contributed by atoms with E-state index in [2.05, 4.69) is 0 Å². The van der Waals surface area contributed by atoms with Gasteiger partial charge in [0.25, 0.3) is 0 Å². The van der Waals surface area contributed by atoms with Crippen LogP contribution >= 0.6 is 0 Å². The lowest BCUT2D eigenvalue weighted by Crippen LogP contribution is -2.22. The number of hydrogen-bond acceptors (Lipinski definition) is 6. The number of carboxylic acid groups (broad SMARTS) is 2. The summed E-state index contributed by atoms with van der Waals surface area (Å²) >= 11 is 0. The van der Waals surface area contributed by atoms with E-state index in [0.717, 1.165) is 0 Å². The minimum absolute atomic E-state index is 0.0113. The zero-order valence-electron chi connectivity index (χ0n) is 16.1. The maximum absolute atomic E-state index is 13.1. The number of benzene rings is 2. The van der Waals surface area contributed by atoms with E-state index in [9.17, 15) is 19.2 Å². The molecule has 0 heterocycles. The van der Waals surface area contributed by atoms with Gasteiger partial charge in [-0.25, -0.2) is 0 Å². The summed E-state index contributed by atoms with van der Waals surface area (Å²) < 4.78 is 11.4. The molecule has 0 aromatic heterocycles. The number of carbonyl (C=O) groups is 4. The van der Waals surface area contributed by atoms with Crippen molar-refractivity contribution in [3.63, 3.8) is 0 Å². The lowest BCUT2D eigenvalue weighted by atomic mass is 9.83. The molecule has 2 aromatic rings. The summed E-state index contributed by atoms with van der Waals surface area (Å²) in [4.78, 5) is 47.4. The van der Waals surface area contributed by atoms with Crippen LogP contribution in [-0.2, 0) is 9.59 Å². The Morgan fingerprint density at radius 3 is 1.90 bits per heavy atom. The van der Waals surface area contributed by atoms with Crippen molar-refractivity contribution in [3.8, 4) is 11.5 Å². The van der Waals surface area contributed by atoms with Crippen LogP contribution in [0.5, 0.6) is 11.5 Å². The third-order valence-corrected chi connectivity index (χ3v) is 4.58. The molecule has 0 fully saturated rings. The SMILES string of the molecule is O=C(O)CCCOc1ccc2c(c1OCCCC(=O)O)C(=O)c1ccccc1C2=O. The maximum atomic E-state index is 13.1. The topological polar surface area (TPSA) is 127 Å². The summed E-state index contributed by atoms with van der Waals surface area (Å²) in [6.07, 6.45) is 0.265. The van der Waals surface area contributed by atoms with Gasteiger partial charge in [-0.2, -0.15) is 0 Å². The molecular formula is C22H20O8. The van der Waals surface area contributed by atoms with E-state index in [-0.39, 0.29) is 78.7 Å². The fourth-order valence-corrected chi connectivity index (χ4v) is 3.20. The number of hydrogen-bond donors (Lipinski definition) is 2. The lowest BCUT2D eigenvalue weighted by Gasteiger charge is -2.22. The van der Waals surface area contributed by atoms with Gasteiger partial charge in [0, 0.05) is 29.5 Å². The molecule has 8 nitrogen and oxygen atoms in total. The summed E-state index contributed by atoms with van der Waals surface area (Å²) in [5.41, 5.74) is 0.824. The molecule has 0 aliphatic heterocycles. The Labute approximate surface area is 172 Å². The monoisotopic (exact) mass is 412 g/mol. The maximum Gasteiger partial charge on any atom is 0.303 e. The van der Waals surface area contributed by atoms with Crippen molar-refractivity contribution in [2.75, 3.05) is 13.2 Å². The van der Waals surface area contributed by atoms with E-state index < -0.39 is 11.9 Å². The summed E-state index contributed by atoms with van der Waals surface area (Å²) in [6, 6.07) is 9.48. The summed E-state index contributed by atoms with van der Waals surface area (Å²) in [7, 11) is 0. The number of aliphatic carboxylic acids is 2. The van der Waals surface area contributed by atoms with Gasteiger partial charge in [-0.3, -0.25) is 19.2 Å². The molecule has 0 saturated carbocycles. The Hall–Kier alpha value is -3.68. The number of ketones is 2. The highest BCUT2D eigenvalue weighted by atomic mass is 16.5. The Morgan fingerprint density at radius 1 is 0.733 bits per heavy atom. The number of carbonyl (C=O) groups excluding carboxylic acids is 2. The van der Waals surface area contributed by atoms with E-state index in [1.54, 1.807) is 24.3 Å². The molecule has 0 spiro atoms. The zero-order valence-corrected chi connectivity index (χ0v) is 16.1. The summed E-state index contributed by atoms with van der Waals surface area (Å²) in [6.45, 7) is 0.0899. The van der Waals surface area contributed by atoms with Gasteiger partial charge >= 0.3 is 11.9 Å². The van der Waals surface area contributed by atoms with Crippen molar-refractivity contribution in [2.24, 2.45) is 0 Å². The second kappa shape index (κ2) is 9.21. The molecule has 1 aliphatic rings. The third kappa shape index (κ3) is 4.48. The van der Waals surface area contributed by atoms with Crippen LogP contribution in [0.2, 0.25) is 0 Å². The smallest absolute Gasteiger partial charge is 0.303 e. The molecule has 2 N–H and O–H groups in total. The first kappa shape index (κ1) is 21.0. The minimum atomic E-state index is -0.973. The molecule has 0 amide bonds. The number of carboxylic acids is 2. The van der Waals surface area contributed by atoms with Crippen LogP contribution < -0.4 is 9.47 Å². The predicted molar refractivity (Wildman–Crippen MR) is 104 cm³/mol. The third-order valence-electron chi connectivity index (χ3n) is 4.58. The molecule has 0 atom stereocenters. The van der Waals surface area contributed by atoms with Crippen LogP contribution in [-0.4, -0.2) is 46.9 Å². The predicted octanol–water partition coefficient (Wildman–Crippen LogP) is 2.95. The van der Waals surface area contributed by atoms with Crippen LogP contribution in [0.15, 0.2) is 36.4 Å². The molecular weight excluding hydrogens is 392 g/mol.